The second-order valence-electron chi connectivity index (χ2n) is 3.05. The Morgan fingerprint density at radius 1 is 1.53 bits per heavy atom. The van der Waals surface area contributed by atoms with Gasteiger partial charge >= 0.3 is 5.69 Å². The molecule has 0 saturated carbocycles. The average Bonchev–Trinajstić information content (AvgIpc) is 2.75. The standard InChI is InChI=1S/C8H9N5O2/c1-4-2-6(13-12-4)11-7(14)5-3-9-8(15)10-5/h2-3H,1H3,(H2,9,10,15)(H2,11,12,13,14). The van der Waals surface area contributed by atoms with Crippen molar-refractivity contribution in [2.24, 2.45) is 0 Å². The Hall–Kier alpha value is -2.31. The molecule has 0 fully saturated rings. The predicted molar refractivity (Wildman–Crippen MR) is 52.7 cm³/mol. The van der Waals surface area contributed by atoms with Crippen LogP contribution in [0, 0.1) is 6.92 Å². The van der Waals surface area contributed by atoms with Crippen molar-refractivity contribution in [1.29, 1.82) is 0 Å². The fourth-order valence-corrected chi connectivity index (χ4v) is 1.12. The quantitative estimate of drug-likeness (QED) is 0.556. The molecule has 1 amide bonds. The molecule has 0 aliphatic rings. The van der Waals surface area contributed by atoms with Crippen molar-refractivity contribution in [3.8, 4) is 0 Å². The maximum absolute atomic E-state index is 11.5. The summed E-state index contributed by atoms with van der Waals surface area (Å²) in [4.78, 5) is 26.9. The van der Waals surface area contributed by atoms with Crippen LogP contribution in [0.3, 0.4) is 0 Å². The number of carbonyl (C=O) groups is 1. The molecular formula is C8H9N5O2. The van der Waals surface area contributed by atoms with Crippen LogP contribution in [0.25, 0.3) is 0 Å². The lowest BCUT2D eigenvalue weighted by Crippen LogP contribution is -2.14. The SMILES string of the molecule is Cc1cc(NC(=O)c2c[nH]c(=O)[nH]2)n[nH]1. The Bertz CT molecular complexity index is 535. The monoisotopic (exact) mass is 207 g/mol. The molecule has 0 bridgehead atoms. The number of carbonyl (C=O) groups excluding carboxylic acids is 1. The van der Waals surface area contributed by atoms with E-state index in [9.17, 15) is 9.59 Å². The van der Waals surface area contributed by atoms with E-state index in [1.165, 1.54) is 6.20 Å². The Balaban J connectivity index is 2.13. The van der Waals surface area contributed by atoms with Crippen LogP contribution in [0.1, 0.15) is 16.2 Å². The van der Waals surface area contributed by atoms with Crippen LogP contribution >= 0.6 is 0 Å². The van der Waals surface area contributed by atoms with Gasteiger partial charge in [0.1, 0.15) is 5.69 Å². The number of H-pyrrole nitrogens is 3. The summed E-state index contributed by atoms with van der Waals surface area (Å²) in [7, 11) is 0. The van der Waals surface area contributed by atoms with Crippen molar-refractivity contribution in [2.45, 2.75) is 6.92 Å². The van der Waals surface area contributed by atoms with Gasteiger partial charge in [0.2, 0.25) is 0 Å². The van der Waals surface area contributed by atoms with Crippen molar-refractivity contribution in [2.75, 3.05) is 5.32 Å². The van der Waals surface area contributed by atoms with Gasteiger partial charge < -0.3 is 15.3 Å². The lowest BCUT2D eigenvalue weighted by molar-refractivity contribution is 0.102. The minimum absolute atomic E-state index is 0.167. The number of aromatic amines is 3. The van der Waals surface area contributed by atoms with Gasteiger partial charge in [-0.2, -0.15) is 5.10 Å². The van der Waals surface area contributed by atoms with Crippen molar-refractivity contribution in [3.05, 3.63) is 34.1 Å². The highest BCUT2D eigenvalue weighted by molar-refractivity contribution is 6.02. The first-order valence-electron chi connectivity index (χ1n) is 4.26. The summed E-state index contributed by atoms with van der Waals surface area (Å²) < 4.78 is 0. The Labute approximate surface area is 83.9 Å². The highest BCUT2D eigenvalue weighted by Gasteiger charge is 2.09. The number of hydrogen-bond donors (Lipinski definition) is 4. The molecule has 0 aromatic carbocycles. The topological polar surface area (TPSA) is 106 Å². The zero-order valence-electron chi connectivity index (χ0n) is 7.92. The number of imidazole rings is 1. The average molecular weight is 207 g/mol. The largest absolute Gasteiger partial charge is 0.323 e. The normalized spacial score (nSPS) is 10.2. The number of nitrogens with one attached hydrogen (secondary N) is 4. The van der Waals surface area contributed by atoms with Gasteiger partial charge in [0, 0.05) is 18.0 Å². The van der Waals surface area contributed by atoms with E-state index < -0.39 is 11.6 Å². The van der Waals surface area contributed by atoms with Gasteiger partial charge in [-0.3, -0.25) is 9.89 Å². The summed E-state index contributed by atoms with van der Waals surface area (Å²) in [5.41, 5.74) is 0.590. The number of hydrogen-bond acceptors (Lipinski definition) is 3. The predicted octanol–water partition coefficient (Wildman–Crippen LogP) is -0.0132. The maximum atomic E-state index is 11.5. The third-order valence-corrected chi connectivity index (χ3v) is 1.79. The highest BCUT2D eigenvalue weighted by Crippen LogP contribution is 2.04. The molecule has 0 radical (unpaired) electrons. The summed E-state index contributed by atoms with van der Waals surface area (Å²) in [6.07, 6.45) is 1.30. The van der Waals surface area contributed by atoms with Crippen LogP contribution in [0.15, 0.2) is 17.1 Å². The molecule has 15 heavy (non-hydrogen) atoms. The molecule has 0 aliphatic heterocycles. The third kappa shape index (κ3) is 1.96. The summed E-state index contributed by atoms with van der Waals surface area (Å²) in [5, 5.41) is 9.04. The van der Waals surface area contributed by atoms with Gasteiger partial charge in [-0.25, -0.2) is 4.79 Å². The molecule has 2 aromatic rings. The van der Waals surface area contributed by atoms with E-state index in [1.54, 1.807) is 6.07 Å². The first-order valence-corrected chi connectivity index (χ1v) is 4.26. The zero-order valence-corrected chi connectivity index (χ0v) is 7.92. The van der Waals surface area contributed by atoms with Gasteiger partial charge in [-0.1, -0.05) is 0 Å². The molecule has 0 spiro atoms. The molecule has 0 unspecified atom stereocenters. The summed E-state index contributed by atoms with van der Waals surface area (Å²) in [6.45, 7) is 1.82. The molecule has 0 saturated heterocycles. The molecule has 7 nitrogen and oxygen atoms in total. The lowest BCUT2D eigenvalue weighted by Gasteiger charge is -1.96. The minimum atomic E-state index is -0.418. The second-order valence-corrected chi connectivity index (χ2v) is 3.05. The number of amides is 1. The van der Waals surface area contributed by atoms with E-state index in [1.807, 2.05) is 6.92 Å². The summed E-state index contributed by atoms with van der Waals surface area (Å²) in [6, 6.07) is 1.68. The molecule has 78 valence electrons. The number of rotatable bonds is 2. The van der Waals surface area contributed by atoms with Crippen molar-refractivity contribution in [3.63, 3.8) is 0 Å². The van der Waals surface area contributed by atoms with Gasteiger partial charge in [0.25, 0.3) is 5.91 Å². The van der Waals surface area contributed by atoms with Gasteiger partial charge in [0.15, 0.2) is 5.82 Å². The Morgan fingerprint density at radius 3 is 2.87 bits per heavy atom. The molecule has 2 rings (SSSR count). The second kappa shape index (κ2) is 3.45. The van der Waals surface area contributed by atoms with Crippen LogP contribution in [-0.4, -0.2) is 26.1 Å². The number of aromatic nitrogens is 4. The van der Waals surface area contributed by atoms with E-state index in [2.05, 4.69) is 25.5 Å². The maximum Gasteiger partial charge on any atom is 0.323 e. The van der Waals surface area contributed by atoms with Gasteiger partial charge in [0.05, 0.1) is 0 Å². The molecule has 7 heteroatoms. The van der Waals surface area contributed by atoms with E-state index in [4.69, 9.17) is 0 Å². The molecule has 2 aromatic heterocycles. The highest BCUT2D eigenvalue weighted by atomic mass is 16.2. The van der Waals surface area contributed by atoms with E-state index in [0.717, 1.165) is 5.69 Å². The van der Waals surface area contributed by atoms with E-state index >= 15 is 0 Å². The van der Waals surface area contributed by atoms with Gasteiger partial charge in [-0.05, 0) is 6.92 Å². The van der Waals surface area contributed by atoms with Crippen LogP contribution in [0.2, 0.25) is 0 Å². The smallest absolute Gasteiger partial charge is 0.312 e. The summed E-state index contributed by atoms with van der Waals surface area (Å²) in [5.74, 6) is -0.000557. The van der Waals surface area contributed by atoms with Crippen molar-refractivity contribution >= 4 is 11.7 Å². The molecule has 2 heterocycles. The van der Waals surface area contributed by atoms with Crippen LogP contribution in [-0.2, 0) is 0 Å². The van der Waals surface area contributed by atoms with Crippen LogP contribution in [0.4, 0.5) is 5.82 Å². The number of nitrogens with zero attached hydrogens (tertiary/aromatic N) is 1. The van der Waals surface area contributed by atoms with Crippen molar-refractivity contribution in [1.82, 2.24) is 20.2 Å². The van der Waals surface area contributed by atoms with Crippen LogP contribution in [0.5, 0.6) is 0 Å². The minimum Gasteiger partial charge on any atom is -0.312 e. The first-order chi connectivity index (χ1) is 7.15. The number of anilines is 1. The van der Waals surface area contributed by atoms with E-state index in [0.29, 0.717) is 5.82 Å². The first kappa shape index (κ1) is 9.25. The Morgan fingerprint density at radius 2 is 2.33 bits per heavy atom. The molecule has 0 atom stereocenters. The summed E-state index contributed by atoms with van der Waals surface area (Å²) >= 11 is 0. The van der Waals surface area contributed by atoms with E-state index in [-0.39, 0.29) is 5.69 Å². The molecule has 4 N–H and O–H groups in total. The lowest BCUT2D eigenvalue weighted by atomic mass is 10.4. The fraction of sp³-hybridized carbons (Fsp3) is 0.125. The molecular weight excluding hydrogens is 198 g/mol. The zero-order chi connectivity index (χ0) is 10.8. The Kier molecular flexibility index (Phi) is 2.13. The third-order valence-electron chi connectivity index (χ3n) is 1.79. The van der Waals surface area contributed by atoms with Crippen molar-refractivity contribution < 1.29 is 4.79 Å². The van der Waals surface area contributed by atoms with Gasteiger partial charge in [-0.15, -0.1) is 0 Å². The van der Waals surface area contributed by atoms with Crippen LogP contribution < -0.4 is 11.0 Å². The number of aryl methyl sites for hydroxylation is 1. The molecule has 0 aliphatic carbocycles. The fourth-order valence-electron chi connectivity index (χ4n) is 1.12.